The lowest BCUT2D eigenvalue weighted by Gasteiger charge is -2.20. The van der Waals surface area contributed by atoms with Crippen LogP contribution in [0.2, 0.25) is 0 Å². The number of rotatable bonds is 18. The molecule has 0 radical (unpaired) electrons. The number of hydrogen-bond donors (Lipinski definition) is 4. The Morgan fingerprint density at radius 1 is 0.690 bits per heavy atom. The number of nitrogens with one attached hydrogen (secondary N) is 4. The zero-order valence-electron chi connectivity index (χ0n) is 19.4. The summed E-state index contributed by atoms with van der Waals surface area (Å²) in [4.78, 5) is 36.0. The molecule has 0 saturated carbocycles. The van der Waals surface area contributed by atoms with Gasteiger partial charge in [0.2, 0.25) is 5.91 Å². The van der Waals surface area contributed by atoms with Crippen molar-refractivity contribution < 1.29 is 14.4 Å². The van der Waals surface area contributed by atoms with E-state index in [0.29, 0.717) is 24.9 Å². The minimum atomic E-state index is -0.498. The molecule has 0 fully saturated rings. The number of carbonyl (C=O) groups is 3. The fraction of sp³-hybridized carbons (Fsp3) is 0.864. The second-order valence-corrected chi connectivity index (χ2v) is 8.47. The molecule has 0 aliphatic rings. The van der Waals surface area contributed by atoms with Gasteiger partial charge < -0.3 is 21.3 Å². The van der Waals surface area contributed by atoms with Crippen molar-refractivity contribution >= 4 is 17.5 Å². The third-order valence-corrected chi connectivity index (χ3v) is 4.72. The predicted molar refractivity (Wildman–Crippen MR) is 119 cm³/mol. The van der Waals surface area contributed by atoms with E-state index < -0.39 is 6.04 Å². The Balaban J connectivity index is 4.40. The molecule has 0 aromatic carbocycles. The molecule has 7 nitrogen and oxygen atoms in total. The molecule has 1 amide bonds. The van der Waals surface area contributed by atoms with Crippen LogP contribution in [0.25, 0.3) is 0 Å². The van der Waals surface area contributed by atoms with Gasteiger partial charge >= 0.3 is 0 Å². The quantitative estimate of drug-likeness (QED) is 0.257. The van der Waals surface area contributed by atoms with Gasteiger partial charge in [0.05, 0.1) is 18.6 Å². The van der Waals surface area contributed by atoms with Crippen LogP contribution >= 0.6 is 0 Å². The van der Waals surface area contributed by atoms with Gasteiger partial charge in [-0.3, -0.25) is 14.4 Å². The monoisotopic (exact) mass is 412 g/mol. The van der Waals surface area contributed by atoms with Crippen molar-refractivity contribution in [2.45, 2.75) is 104 Å². The number of Topliss-reactive ketones (excluding diaryl/α,β-unsaturated/α-hetero) is 2. The van der Waals surface area contributed by atoms with E-state index in [2.05, 4.69) is 49.0 Å². The maximum absolute atomic E-state index is 12.6. The van der Waals surface area contributed by atoms with Crippen molar-refractivity contribution in [3.8, 4) is 0 Å². The summed E-state index contributed by atoms with van der Waals surface area (Å²) in [6.07, 6.45) is 5.06. The maximum Gasteiger partial charge on any atom is 0.217 e. The molecule has 7 heteroatoms. The summed E-state index contributed by atoms with van der Waals surface area (Å²) in [7, 11) is 0. The lowest BCUT2D eigenvalue weighted by Crippen LogP contribution is -2.47. The second kappa shape index (κ2) is 16.5. The largest absolute Gasteiger partial charge is 0.346 e. The van der Waals surface area contributed by atoms with E-state index in [-0.39, 0.29) is 30.1 Å². The van der Waals surface area contributed by atoms with Crippen molar-refractivity contribution in [1.29, 1.82) is 0 Å². The normalized spacial score (nSPS) is 13.5. The third-order valence-electron chi connectivity index (χ3n) is 4.72. The summed E-state index contributed by atoms with van der Waals surface area (Å²) >= 11 is 0. The Morgan fingerprint density at radius 2 is 1.17 bits per heavy atom. The number of ketones is 2. The van der Waals surface area contributed by atoms with Crippen LogP contribution in [0.3, 0.4) is 0 Å². The highest BCUT2D eigenvalue weighted by Gasteiger charge is 2.21. The van der Waals surface area contributed by atoms with Crippen LogP contribution in [0.4, 0.5) is 0 Å². The Hall–Kier alpha value is -1.31. The summed E-state index contributed by atoms with van der Waals surface area (Å²) in [5.74, 6) is -0.223. The Morgan fingerprint density at radius 3 is 1.59 bits per heavy atom. The SMILES string of the molecule is CC(=O)NC(CCCCNC(C)C)C(=O)CNC(CCCCNC(C)C)C(C)=O. The first kappa shape index (κ1) is 27.7. The molecule has 0 aliphatic heterocycles. The predicted octanol–water partition coefficient (Wildman–Crippen LogP) is 1.94. The highest BCUT2D eigenvalue weighted by molar-refractivity contribution is 5.90. The third kappa shape index (κ3) is 16.2. The number of unbranched alkanes of at least 4 members (excludes halogenated alkanes) is 2. The standard InChI is InChI=1S/C22H44N4O3/c1-16(2)23-13-9-7-11-20(18(5)27)25-15-22(29)21(26-19(6)28)12-8-10-14-24-17(3)4/h16-17,20-21,23-25H,7-15H2,1-6H3,(H,26,28). The summed E-state index contributed by atoms with van der Waals surface area (Å²) < 4.78 is 0. The zero-order valence-corrected chi connectivity index (χ0v) is 19.4. The minimum Gasteiger partial charge on any atom is -0.346 e. The highest BCUT2D eigenvalue weighted by atomic mass is 16.2. The Kier molecular flexibility index (Phi) is 15.7. The fourth-order valence-electron chi connectivity index (χ4n) is 3.08. The molecule has 0 aromatic heterocycles. The maximum atomic E-state index is 12.6. The van der Waals surface area contributed by atoms with E-state index in [4.69, 9.17) is 0 Å². The fourth-order valence-corrected chi connectivity index (χ4v) is 3.08. The number of carbonyl (C=O) groups excluding carboxylic acids is 3. The van der Waals surface area contributed by atoms with Crippen LogP contribution in [0, 0.1) is 0 Å². The van der Waals surface area contributed by atoms with Gasteiger partial charge in [-0.05, 0) is 52.1 Å². The summed E-state index contributed by atoms with van der Waals surface area (Å²) in [5, 5.41) is 12.6. The molecule has 0 spiro atoms. The van der Waals surface area contributed by atoms with Crippen LogP contribution in [0.1, 0.15) is 80.1 Å². The summed E-state index contributed by atoms with van der Waals surface area (Å²) in [5.41, 5.74) is 0. The molecule has 0 rings (SSSR count). The summed E-state index contributed by atoms with van der Waals surface area (Å²) in [6.45, 7) is 13.3. The topological polar surface area (TPSA) is 99.3 Å². The minimum absolute atomic E-state index is 0.0467. The van der Waals surface area contributed by atoms with Crippen LogP contribution in [-0.2, 0) is 14.4 Å². The average Bonchev–Trinajstić information content (AvgIpc) is 2.61. The second-order valence-electron chi connectivity index (χ2n) is 8.47. The zero-order chi connectivity index (χ0) is 22.2. The molecular weight excluding hydrogens is 368 g/mol. The van der Waals surface area contributed by atoms with Crippen molar-refractivity contribution in [2.75, 3.05) is 19.6 Å². The molecule has 2 atom stereocenters. The van der Waals surface area contributed by atoms with Gasteiger partial charge in [-0.15, -0.1) is 0 Å². The molecule has 0 heterocycles. The van der Waals surface area contributed by atoms with Gasteiger partial charge in [0, 0.05) is 19.0 Å². The van der Waals surface area contributed by atoms with Crippen molar-refractivity contribution in [2.24, 2.45) is 0 Å². The summed E-state index contributed by atoms with van der Waals surface area (Å²) in [6, 6.07) is 0.0889. The van der Waals surface area contributed by atoms with Crippen molar-refractivity contribution in [1.82, 2.24) is 21.3 Å². The lowest BCUT2D eigenvalue weighted by atomic mass is 10.0. The smallest absolute Gasteiger partial charge is 0.217 e. The van der Waals surface area contributed by atoms with E-state index in [9.17, 15) is 14.4 Å². The number of hydrogen-bond acceptors (Lipinski definition) is 6. The first-order valence-corrected chi connectivity index (χ1v) is 11.1. The van der Waals surface area contributed by atoms with Crippen molar-refractivity contribution in [3.63, 3.8) is 0 Å². The van der Waals surface area contributed by atoms with E-state index in [0.717, 1.165) is 38.8 Å². The molecule has 29 heavy (non-hydrogen) atoms. The molecule has 0 aliphatic carbocycles. The molecule has 2 unspecified atom stereocenters. The Bertz CT molecular complexity index is 481. The molecule has 0 aromatic rings. The molecule has 0 bridgehead atoms. The van der Waals surface area contributed by atoms with Crippen LogP contribution in [0.15, 0.2) is 0 Å². The first-order valence-electron chi connectivity index (χ1n) is 11.1. The van der Waals surface area contributed by atoms with E-state index in [1.807, 2.05) is 0 Å². The van der Waals surface area contributed by atoms with Gasteiger partial charge in [0.25, 0.3) is 0 Å². The lowest BCUT2D eigenvalue weighted by molar-refractivity contribution is -0.127. The van der Waals surface area contributed by atoms with Gasteiger partial charge in [0.15, 0.2) is 5.78 Å². The highest BCUT2D eigenvalue weighted by Crippen LogP contribution is 2.05. The van der Waals surface area contributed by atoms with Gasteiger partial charge in [-0.2, -0.15) is 0 Å². The number of amides is 1. The van der Waals surface area contributed by atoms with E-state index in [1.165, 1.54) is 6.92 Å². The molecule has 4 N–H and O–H groups in total. The molecule has 170 valence electrons. The van der Waals surface area contributed by atoms with Gasteiger partial charge in [-0.1, -0.05) is 34.1 Å². The van der Waals surface area contributed by atoms with Crippen LogP contribution < -0.4 is 21.3 Å². The van der Waals surface area contributed by atoms with Crippen LogP contribution in [-0.4, -0.2) is 61.3 Å². The molecule has 0 saturated heterocycles. The van der Waals surface area contributed by atoms with Gasteiger partial charge in [-0.25, -0.2) is 0 Å². The Labute approximate surface area is 177 Å². The van der Waals surface area contributed by atoms with E-state index in [1.54, 1.807) is 6.92 Å². The first-order chi connectivity index (χ1) is 13.6. The van der Waals surface area contributed by atoms with E-state index >= 15 is 0 Å². The average molecular weight is 413 g/mol. The molecular formula is C22H44N4O3. The van der Waals surface area contributed by atoms with Crippen LogP contribution in [0.5, 0.6) is 0 Å². The van der Waals surface area contributed by atoms with Crippen molar-refractivity contribution in [3.05, 3.63) is 0 Å². The van der Waals surface area contributed by atoms with Gasteiger partial charge in [0.1, 0.15) is 5.78 Å².